The van der Waals surface area contributed by atoms with E-state index in [9.17, 15) is 13.2 Å². The molecule has 0 aliphatic carbocycles. The fourth-order valence-corrected chi connectivity index (χ4v) is 5.39. The van der Waals surface area contributed by atoms with Gasteiger partial charge in [0, 0.05) is 32.7 Å². The lowest BCUT2D eigenvalue weighted by Gasteiger charge is -2.38. The highest BCUT2D eigenvalue weighted by molar-refractivity contribution is 7.88. The summed E-state index contributed by atoms with van der Waals surface area (Å²) in [4.78, 5) is 22.4. The first kappa shape index (κ1) is 20.5. The van der Waals surface area contributed by atoms with Gasteiger partial charge in [0.15, 0.2) is 0 Å². The molecule has 2 aliphatic heterocycles. The number of aromatic nitrogens is 2. The normalized spacial score (nSPS) is 22.1. The number of hydrogen-bond acceptors (Lipinski definition) is 8. The zero-order valence-electron chi connectivity index (χ0n) is 16.4. The quantitative estimate of drug-likeness (QED) is 0.688. The fraction of sp³-hybridized carbons (Fsp3) is 0.611. The average molecular weight is 440 g/mol. The molecule has 0 spiro atoms. The monoisotopic (exact) mass is 439 g/mol. The van der Waals surface area contributed by atoms with Gasteiger partial charge in [0.2, 0.25) is 27.6 Å². The second-order valence-corrected chi connectivity index (χ2v) is 10.5. The molecule has 0 unspecified atom stereocenters. The SMILES string of the molecule is CS(=O)(=O)N1CCN(C(=O)[C@@H]2CCCN(Cc3nc(-c4cccs4)no3)C2)CC1. The molecule has 1 atom stereocenters. The number of piperidine rings is 1. The molecule has 0 saturated carbocycles. The lowest BCUT2D eigenvalue weighted by molar-refractivity contribution is -0.138. The van der Waals surface area contributed by atoms with Crippen LogP contribution in [0.3, 0.4) is 0 Å². The Bertz CT molecular complexity index is 935. The second kappa shape index (κ2) is 8.50. The van der Waals surface area contributed by atoms with E-state index in [0.29, 0.717) is 51.0 Å². The van der Waals surface area contributed by atoms with Crippen molar-refractivity contribution in [1.29, 1.82) is 0 Å². The standard InChI is InChI=1S/C18H25N5O4S2/c1-29(25,26)23-9-7-22(8-10-23)18(24)14-4-2-6-21(12-14)13-16-19-17(20-27-16)15-5-3-11-28-15/h3,5,11,14H,2,4,6-10,12-13H2,1H3/t14-/m1/s1. The first-order valence-corrected chi connectivity index (χ1v) is 12.5. The van der Waals surface area contributed by atoms with Gasteiger partial charge in [-0.05, 0) is 30.8 Å². The molecule has 2 aliphatic rings. The van der Waals surface area contributed by atoms with E-state index in [1.807, 2.05) is 17.5 Å². The second-order valence-electron chi connectivity index (χ2n) is 7.55. The van der Waals surface area contributed by atoms with E-state index >= 15 is 0 Å². The van der Waals surface area contributed by atoms with Crippen molar-refractivity contribution in [2.45, 2.75) is 19.4 Å². The van der Waals surface area contributed by atoms with Crippen LogP contribution in [0.4, 0.5) is 0 Å². The molecule has 0 bridgehead atoms. The smallest absolute Gasteiger partial charge is 0.241 e. The Morgan fingerprint density at radius 3 is 2.76 bits per heavy atom. The lowest BCUT2D eigenvalue weighted by atomic mass is 9.96. The molecular formula is C18H25N5O4S2. The summed E-state index contributed by atoms with van der Waals surface area (Å²) in [7, 11) is -3.19. The molecule has 2 fully saturated rings. The zero-order valence-corrected chi connectivity index (χ0v) is 18.0. The van der Waals surface area contributed by atoms with Crippen LogP contribution in [0, 0.1) is 5.92 Å². The third kappa shape index (κ3) is 4.85. The maximum Gasteiger partial charge on any atom is 0.241 e. The molecular weight excluding hydrogens is 414 g/mol. The van der Waals surface area contributed by atoms with Gasteiger partial charge in [-0.25, -0.2) is 8.42 Å². The fourth-order valence-electron chi connectivity index (χ4n) is 3.92. The van der Waals surface area contributed by atoms with Gasteiger partial charge in [0.05, 0.1) is 23.6 Å². The Kier molecular flexibility index (Phi) is 6.00. The van der Waals surface area contributed by atoms with Crippen molar-refractivity contribution < 1.29 is 17.7 Å². The minimum atomic E-state index is -3.19. The molecule has 2 aromatic rings. The molecule has 0 N–H and O–H groups in total. The molecule has 2 aromatic heterocycles. The van der Waals surface area contributed by atoms with Gasteiger partial charge < -0.3 is 9.42 Å². The minimum absolute atomic E-state index is 0.0757. The molecule has 2 saturated heterocycles. The predicted octanol–water partition coefficient (Wildman–Crippen LogP) is 1.11. The van der Waals surface area contributed by atoms with Crippen LogP contribution in [0.2, 0.25) is 0 Å². The summed E-state index contributed by atoms with van der Waals surface area (Å²) >= 11 is 1.57. The number of hydrogen-bond donors (Lipinski definition) is 0. The third-order valence-corrected chi connectivity index (χ3v) is 7.61. The molecule has 158 valence electrons. The first-order valence-electron chi connectivity index (χ1n) is 9.73. The Morgan fingerprint density at radius 1 is 1.28 bits per heavy atom. The average Bonchev–Trinajstić information content (AvgIpc) is 3.39. The number of likely N-dealkylation sites (tertiary alicyclic amines) is 1. The van der Waals surface area contributed by atoms with E-state index in [0.717, 1.165) is 24.3 Å². The van der Waals surface area contributed by atoms with Crippen LogP contribution in [0.1, 0.15) is 18.7 Å². The van der Waals surface area contributed by atoms with Crippen LogP contribution < -0.4 is 0 Å². The van der Waals surface area contributed by atoms with Gasteiger partial charge in [-0.3, -0.25) is 9.69 Å². The molecule has 29 heavy (non-hydrogen) atoms. The maximum absolute atomic E-state index is 12.9. The summed E-state index contributed by atoms with van der Waals surface area (Å²) in [6, 6.07) is 3.91. The molecule has 11 heteroatoms. The Morgan fingerprint density at radius 2 is 2.07 bits per heavy atom. The zero-order chi connectivity index (χ0) is 20.4. The summed E-state index contributed by atoms with van der Waals surface area (Å²) in [5.41, 5.74) is 0. The summed E-state index contributed by atoms with van der Waals surface area (Å²) < 4.78 is 30.1. The number of carbonyl (C=O) groups excluding carboxylic acids is 1. The molecule has 4 rings (SSSR count). The number of amides is 1. The number of sulfonamides is 1. The van der Waals surface area contributed by atoms with Crippen LogP contribution in [0.5, 0.6) is 0 Å². The highest BCUT2D eigenvalue weighted by Crippen LogP contribution is 2.24. The molecule has 0 radical (unpaired) electrons. The maximum atomic E-state index is 12.9. The number of piperazine rings is 1. The number of carbonyl (C=O) groups is 1. The Balaban J connectivity index is 1.32. The van der Waals surface area contributed by atoms with Crippen LogP contribution in [0.25, 0.3) is 10.7 Å². The molecule has 1 amide bonds. The predicted molar refractivity (Wildman–Crippen MR) is 109 cm³/mol. The molecule has 9 nitrogen and oxygen atoms in total. The Labute approximate surface area is 174 Å². The molecule has 4 heterocycles. The van der Waals surface area contributed by atoms with Crippen molar-refractivity contribution in [3.8, 4) is 10.7 Å². The summed E-state index contributed by atoms with van der Waals surface area (Å²) in [6.07, 6.45) is 3.00. The van der Waals surface area contributed by atoms with Crippen molar-refractivity contribution >= 4 is 27.3 Å². The van der Waals surface area contributed by atoms with Gasteiger partial charge in [0.1, 0.15) is 0 Å². The highest BCUT2D eigenvalue weighted by Gasteiger charge is 2.33. The van der Waals surface area contributed by atoms with E-state index in [1.54, 1.807) is 16.2 Å². The van der Waals surface area contributed by atoms with Crippen molar-refractivity contribution in [3.63, 3.8) is 0 Å². The van der Waals surface area contributed by atoms with Crippen LogP contribution in [-0.2, 0) is 21.4 Å². The van der Waals surface area contributed by atoms with Crippen molar-refractivity contribution in [3.05, 3.63) is 23.4 Å². The van der Waals surface area contributed by atoms with Crippen molar-refractivity contribution in [1.82, 2.24) is 24.2 Å². The number of thiophene rings is 1. The first-order chi connectivity index (χ1) is 13.9. The summed E-state index contributed by atoms with van der Waals surface area (Å²) in [5, 5.41) is 6.02. The van der Waals surface area contributed by atoms with Gasteiger partial charge >= 0.3 is 0 Å². The number of rotatable bonds is 5. The van der Waals surface area contributed by atoms with Gasteiger partial charge in [-0.15, -0.1) is 11.3 Å². The van der Waals surface area contributed by atoms with Gasteiger partial charge in [-0.1, -0.05) is 11.2 Å². The topological polar surface area (TPSA) is 99.9 Å². The lowest BCUT2D eigenvalue weighted by Crippen LogP contribution is -2.53. The van der Waals surface area contributed by atoms with E-state index in [-0.39, 0.29) is 11.8 Å². The largest absolute Gasteiger partial charge is 0.340 e. The van der Waals surface area contributed by atoms with Crippen LogP contribution in [0.15, 0.2) is 22.0 Å². The third-order valence-electron chi connectivity index (χ3n) is 5.44. The van der Waals surface area contributed by atoms with Crippen molar-refractivity contribution in [2.24, 2.45) is 5.92 Å². The van der Waals surface area contributed by atoms with E-state index in [4.69, 9.17) is 4.52 Å². The van der Waals surface area contributed by atoms with Crippen molar-refractivity contribution in [2.75, 3.05) is 45.5 Å². The summed E-state index contributed by atoms with van der Waals surface area (Å²) in [6.45, 7) is 3.73. The number of nitrogens with zero attached hydrogens (tertiary/aromatic N) is 5. The van der Waals surface area contributed by atoms with Crippen LogP contribution >= 0.6 is 11.3 Å². The van der Waals surface area contributed by atoms with Gasteiger partial charge in [-0.2, -0.15) is 9.29 Å². The van der Waals surface area contributed by atoms with Gasteiger partial charge in [0.25, 0.3) is 0 Å². The Hall–Kier alpha value is -1.82. The van der Waals surface area contributed by atoms with Crippen LogP contribution in [-0.4, -0.2) is 84.1 Å². The van der Waals surface area contributed by atoms with E-state index in [2.05, 4.69) is 15.0 Å². The minimum Gasteiger partial charge on any atom is -0.340 e. The highest BCUT2D eigenvalue weighted by atomic mass is 32.2. The summed E-state index contributed by atoms with van der Waals surface area (Å²) in [5.74, 6) is 1.20. The van der Waals surface area contributed by atoms with E-state index < -0.39 is 10.0 Å². The van der Waals surface area contributed by atoms with E-state index in [1.165, 1.54) is 10.6 Å². The molecule has 0 aromatic carbocycles.